The van der Waals surface area contributed by atoms with E-state index in [9.17, 15) is 24.9 Å². The SMILES string of the molecule is CC(C)[O-].CC(C)[O-].CCCCCCCCCCCCCCCCCCCC(=O)CC(=O)[O-].[Al+3]. The Balaban J connectivity index is -0.000000430. The molecule has 0 aliphatic heterocycles. The second-order valence-electron chi connectivity index (χ2n) is 9.59. The Morgan fingerprint density at radius 3 is 1.03 bits per heavy atom. The topological polar surface area (TPSA) is 103 Å². The van der Waals surface area contributed by atoms with E-state index in [4.69, 9.17) is 0 Å². The van der Waals surface area contributed by atoms with Crippen molar-refractivity contribution in [3.05, 3.63) is 0 Å². The summed E-state index contributed by atoms with van der Waals surface area (Å²) in [6, 6.07) is 0. The molecule has 0 aromatic rings. The van der Waals surface area contributed by atoms with Gasteiger partial charge >= 0.3 is 17.4 Å². The summed E-state index contributed by atoms with van der Waals surface area (Å²) in [6.07, 6.45) is 21.5. The van der Waals surface area contributed by atoms with Crippen LogP contribution >= 0.6 is 0 Å². The minimum absolute atomic E-state index is 0. The summed E-state index contributed by atoms with van der Waals surface area (Å²) in [5.41, 5.74) is 0. The molecule has 200 valence electrons. The first-order valence-corrected chi connectivity index (χ1v) is 13.7. The average molecular weight is 499 g/mol. The molecule has 5 nitrogen and oxygen atoms in total. The van der Waals surface area contributed by atoms with Gasteiger partial charge in [0, 0.05) is 18.8 Å². The molecule has 0 aliphatic rings. The smallest absolute Gasteiger partial charge is 0.852 e. The number of carbonyl (C=O) groups is 2. The number of ketones is 1. The summed E-state index contributed by atoms with van der Waals surface area (Å²) in [5, 5.41) is 29.3. The van der Waals surface area contributed by atoms with E-state index < -0.39 is 24.6 Å². The Kier molecular flexibility index (Phi) is 41.7. The summed E-state index contributed by atoms with van der Waals surface area (Å²) in [4.78, 5) is 21.5. The Bertz CT molecular complexity index is 389. The molecule has 0 aromatic heterocycles. The van der Waals surface area contributed by atoms with Crippen molar-refractivity contribution in [3.63, 3.8) is 0 Å². The van der Waals surface area contributed by atoms with Crippen LogP contribution in [0.5, 0.6) is 0 Å². The maximum atomic E-state index is 11.2. The van der Waals surface area contributed by atoms with Crippen LogP contribution in [0.3, 0.4) is 0 Å². The molecule has 0 amide bonds. The van der Waals surface area contributed by atoms with Gasteiger partial charge in [0.25, 0.3) is 0 Å². The van der Waals surface area contributed by atoms with Gasteiger partial charge in [-0.25, -0.2) is 0 Å². The molecule has 0 saturated carbocycles. The van der Waals surface area contributed by atoms with Crippen molar-refractivity contribution in [3.8, 4) is 0 Å². The van der Waals surface area contributed by atoms with Crippen LogP contribution in [0.4, 0.5) is 0 Å². The fourth-order valence-corrected chi connectivity index (χ4v) is 3.30. The van der Waals surface area contributed by atoms with E-state index in [-0.39, 0.29) is 23.1 Å². The van der Waals surface area contributed by atoms with E-state index in [1.165, 1.54) is 89.9 Å². The molecule has 0 heterocycles. The first-order valence-electron chi connectivity index (χ1n) is 13.7. The van der Waals surface area contributed by atoms with E-state index in [1.807, 2.05) is 0 Å². The monoisotopic (exact) mass is 498 g/mol. The zero-order chi connectivity index (χ0) is 25.7. The van der Waals surface area contributed by atoms with Gasteiger partial charge in [0.15, 0.2) is 0 Å². The van der Waals surface area contributed by atoms with Gasteiger partial charge in [0.2, 0.25) is 0 Å². The number of aliphatic carboxylic acids is 1. The quantitative estimate of drug-likeness (QED) is 0.135. The first-order chi connectivity index (χ1) is 15.6. The van der Waals surface area contributed by atoms with Crippen molar-refractivity contribution in [2.45, 2.75) is 169 Å². The summed E-state index contributed by atoms with van der Waals surface area (Å²) in [7, 11) is 0. The Labute approximate surface area is 222 Å². The molecule has 0 rings (SSSR count). The average Bonchev–Trinajstić information content (AvgIpc) is 2.69. The zero-order valence-corrected chi connectivity index (χ0v) is 24.4. The van der Waals surface area contributed by atoms with Gasteiger partial charge in [-0.2, -0.15) is 0 Å². The minimum atomic E-state index is -1.25. The van der Waals surface area contributed by atoms with Crippen molar-refractivity contribution in [1.29, 1.82) is 0 Å². The Morgan fingerprint density at radius 2 is 0.794 bits per heavy atom. The molecular formula is C28H55AlO5. The molecule has 0 spiro atoms. The van der Waals surface area contributed by atoms with Crippen molar-refractivity contribution >= 4 is 29.1 Å². The summed E-state index contributed by atoms with van der Waals surface area (Å²) >= 11 is 0. The van der Waals surface area contributed by atoms with Crippen LogP contribution in [0.25, 0.3) is 0 Å². The molecule has 0 saturated heterocycles. The van der Waals surface area contributed by atoms with E-state index >= 15 is 0 Å². The molecule has 0 radical (unpaired) electrons. The predicted molar refractivity (Wildman–Crippen MR) is 139 cm³/mol. The van der Waals surface area contributed by atoms with E-state index in [0.717, 1.165) is 19.3 Å². The van der Waals surface area contributed by atoms with E-state index in [2.05, 4.69) is 6.92 Å². The fraction of sp³-hybridized carbons (Fsp3) is 0.929. The maximum Gasteiger partial charge on any atom is 3.00 e. The molecule has 0 bridgehead atoms. The van der Waals surface area contributed by atoms with Crippen molar-refractivity contribution in [1.82, 2.24) is 0 Å². The second kappa shape index (κ2) is 34.8. The van der Waals surface area contributed by atoms with Crippen LogP contribution in [0.1, 0.15) is 157 Å². The third-order valence-corrected chi connectivity index (χ3v) is 4.90. The number of carboxylic acids is 1. The molecule has 34 heavy (non-hydrogen) atoms. The minimum Gasteiger partial charge on any atom is -0.852 e. The van der Waals surface area contributed by atoms with Crippen LogP contribution in [0, 0.1) is 0 Å². The largest absolute Gasteiger partial charge is 3.00 e. The van der Waals surface area contributed by atoms with Crippen LogP contribution in [-0.4, -0.2) is 41.3 Å². The van der Waals surface area contributed by atoms with Crippen LogP contribution in [0.2, 0.25) is 0 Å². The molecule has 0 N–H and O–H groups in total. The number of carbonyl (C=O) groups excluding carboxylic acids is 2. The number of carboxylic acid groups (broad SMARTS) is 1. The summed E-state index contributed by atoms with van der Waals surface area (Å²) in [5.74, 6) is -1.45. The third kappa shape index (κ3) is 57.9. The van der Waals surface area contributed by atoms with Gasteiger partial charge in [-0.05, 0) is 6.42 Å². The van der Waals surface area contributed by atoms with E-state index in [0.29, 0.717) is 6.42 Å². The van der Waals surface area contributed by atoms with Crippen molar-refractivity contribution < 1.29 is 24.9 Å². The maximum absolute atomic E-state index is 11.2. The Hall–Kier alpha value is -0.408. The molecule has 6 heteroatoms. The third-order valence-electron chi connectivity index (χ3n) is 4.90. The number of unbranched alkanes of at least 4 members (excludes halogenated alkanes) is 16. The van der Waals surface area contributed by atoms with E-state index in [1.54, 1.807) is 27.7 Å². The van der Waals surface area contributed by atoms with Crippen LogP contribution in [0.15, 0.2) is 0 Å². The van der Waals surface area contributed by atoms with Gasteiger partial charge in [-0.1, -0.05) is 137 Å². The standard InChI is InChI=1S/C22H42O3.2C3H7O.Al/c1-2-3-4-5-6-7-8-9-10-11-12-13-14-15-16-17-18-19-21(23)20-22(24)25;2*1-3(2)4;/h2-20H2,1H3,(H,24,25);2*3H,1-2H3;/q;2*-1;+3/p-1. The number of rotatable bonds is 20. The van der Waals surface area contributed by atoms with Gasteiger partial charge in [-0.3, -0.25) is 4.79 Å². The molecular weight excluding hydrogens is 443 g/mol. The zero-order valence-electron chi connectivity index (χ0n) is 23.2. The molecule has 0 aromatic carbocycles. The number of hydrogen-bond donors (Lipinski definition) is 0. The second-order valence-corrected chi connectivity index (χ2v) is 9.59. The molecule has 0 atom stereocenters. The number of Topliss-reactive ketones (excluding diaryl/α,β-unsaturated/α-hetero) is 1. The first kappa shape index (κ1) is 40.7. The van der Waals surface area contributed by atoms with Gasteiger partial charge < -0.3 is 20.1 Å². The van der Waals surface area contributed by atoms with Crippen LogP contribution in [-0.2, 0) is 9.59 Å². The summed E-state index contributed by atoms with van der Waals surface area (Å²) in [6.45, 7) is 8.71. The summed E-state index contributed by atoms with van der Waals surface area (Å²) < 4.78 is 0. The van der Waals surface area contributed by atoms with Crippen molar-refractivity contribution in [2.75, 3.05) is 0 Å². The normalized spacial score (nSPS) is 10.1. The molecule has 0 unspecified atom stereocenters. The number of hydrogen-bond acceptors (Lipinski definition) is 5. The van der Waals surface area contributed by atoms with Crippen LogP contribution < -0.4 is 15.3 Å². The van der Waals surface area contributed by atoms with Crippen molar-refractivity contribution in [2.24, 2.45) is 0 Å². The Morgan fingerprint density at radius 1 is 0.559 bits per heavy atom. The van der Waals surface area contributed by atoms with Gasteiger partial charge in [0.1, 0.15) is 5.78 Å². The van der Waals surface area contributed by atoms with Gasteiger partial charge in [0.05, 0.1) is 0 Å². The van der Waals surface area contributed by atoms with Gasteiger partial charge in [-0.15, -0.1) is 12.2 Å². The fourth-order valence-electron chi connectivity index (χ4n) is 3.30. The molecule has 0 fully saturated rings. The molecule has 0 aliphatic carbocycles. The predicted octanol–water partition coefficient (Wildman–Crippen LogP) is 4.87.